The van der Waals surface area contributed by atoms with Gasteiger partial charge in [-0.1, -0.05) is 20.8 Å². The molecule has 110 valence electrons. The molecule has 1 unspecified atom stereocenters. The molecule has 4 nitrogen and oxygen atoms in total. The number of ether oxygens (including phenoxy) is 1. The number of thiophene rings is 1. The molecular weight excluding hydrogens is 274 g/mol. The van der Waals surface area contributed by atoms with Crippen LogP contribution in [0.3, 0.4) is 0 Å². The zero-order chi connectivity index (χ0) is 14.9. The van der Waals surface area contributed by atoms with Gasteiger partial charge in [-0.05, 0) is 31.2 Å². The van der Waals surface area contributed by atoms with Crippen LogP contribution in [0.4, 0.5) is 5.00 Å². The summed E-state index contributed by atoms with van der Waals surface area (Å²) in [5.74, 6) is -0.316. The number of anilines is 1. The van der Waals surface area contributed by atoms with Crippen molar-refractivity contribution >= 4 is 28.2 Å². The maximum absolute atomic E-state index is 12.2. The van der Waals surface area contributed by atoms with Crippen molar-refractivity contribution in [3.05, 3.63) is 16.5 Å². The number of carbonyl (C=O) groups excluding carboxylic acids is 2. The SMILES string of the molecule is CCOC(=O)c1cc(CC)sc1NC(=O)C1CC1(C)C. The average molecular weight is 295 g/mol. The first-order valence-corrected chi connectivity index (χ1v) is 7.81. The number of esters is 1. The third kappa shape index (κ3) is 3.03. The summed E-state index contributed by atoms with van der Waals surface area (Å²) in [4.78, 5) is 25.2. The van der Waals surface area contributed by atoms with E-state index in [0.717, 1.165) is 17.7 Å². The van der Waals surface area contributed by atoms with Gasteiger partial charge in [-0.15, -0.1) is 11.3 Å². The summed E-state index contributed by atoms with van der Waals surface area (Å²) in [5, 5.41) is 3.52. The van der Waals surface area contributed by atoms with Gasteiger partial charge < -0.3 is 10.1 Å². The fourth-order valence-corrected chi connectivity index (χ4v) is 3.17. The second-order valence-corrected chi connectivity index (χ2v) is 6.90. The molecule has 5 heteroatoms. The van der Waals surface area contributed by atoms with E-state index >= 15 is 0 Å². The molecule has 1 N–H and O–H groups in total. The quantitative estimate of drug-likeness (QED) is 0.846. The molecule has 2 rings (SSSR count). The molecule has 1 aliphatic carbocycles. The van der Waals surface area contributed by atoms with Crippen molar-refractivity contribution in [3.8, 4) is 0 Å². The van der Waals surface area contributed by atoms with Gasteiger partial charge in [-0.3, -0.25) is 4.79 Å². The van der Waals surface area contributed by atoms with E-state index < -0.39 is 0 Å². The van der Waals surface area contributed by atoms with E-state index in [0.29, 0.717) is 17.2 Å². The molecule has 1 aromatic rings. The van der Waals surface area contributed by atoms with Crippen molar-refractivity contribution in [1.29, 1.82) is 0 Å². The lowest BCUT2D eigenvalue weighted by atomic mass is 10.1. The Kier molecular flexibility index (Phi) is 4.18. The normalized spacial score (nSPS) is 19.5. The summed E-state index contributed by atoms with van der Waals surface area (Å²) < 4.78 is 5.04. The Hall–Kier alpha value is -1.36. The molecular formula is C15H21NO3S. The molecule has 1 atom stereocenters. The second-order valence-electron chi connectivity index (χ2n) is 5.76. The molecule has 0 bridgehead atoms. The van der Waals surface area contributed by atoms with Gasteiger partial charge >= 0.3 is 5.97 Å². The smallest absolute Gasteiger partial charge is 0.341 e. The summed E-state index contributed by atoms with van der Waals surface area (Å²) in [6.07, 6.45) is 1.74. The van der Waals surface area contributed by atoms with Gasteiger partial charge in [0.1, 0.15) is 5.00 Å². The van der Waals surface area contributed by atoms with Gasteiger partial charge in [0.2, 0.25) is 5.91 Å². The Balaban J connectivity index is 2.16. The lowest BCUT2D eigenvalue weighted by Crippen LogP contribution is -2.17. The van der Waals surface area contributed by atoms with Crippen LogP contribution in [-0.4, -0.2) is 18.5 Å². The third-order valence-corrected chi connectivity index (χ3v) is 4.89. The van der Waals surface area contributed by atoms with Crippen LogP contribution in [0.5, 0.6) is 0 Å². The van der Waals surface area contributed by atoms with Crippen molar-refractivity contribution in [3.63, 3.8) is 0 Å². The highest BCUT2D eigenvalue weighted by molar-refractivity contribution is 7.16. The van der Waals surface area contributed by atoms with Crippen LogP contribution in [0.15, 0.2) is 6.07 Å². The molecule has 0 saturated heterocycles. The lowest BCUT2D eigenvalue weighted by Gasteiger charge is -2.07. The van der Waals surface area contributed by atoms with E-state index in [1.165, 1.54) is 11.3 Å². The molecule has 1 fully saturated rings. The van der Waals surface area contributed by atoms with Gasteiger partial charge in [0.25, 0.3) is 0 Å². The molecule has 1 aliphatic rings. The molecule has 1 heterocycles. The first-order valence-electron chi connectivity index (χ1n) is 6.99. The lowest BCUT2D eigenvalue weighted by molar-refractivity contribution is -0.117. The molecule has 0 aromatic carbocycles. The molecule has 1 aromatic heterocycles. The summed E-state index contributed by atoms with van der Waals surface area (Å²) in [5.41, 5.74) is 0.555. The Morgan fingerprint density at radius 1 is 1.45 bits per heavy atom. The van der Waals surface area contributed by atoms with Crippen LogP contribution < -0.4 is 5.32 Å². The Morgan fingerprint density at radius 3 is 2.60 bits per heavy atom. The van der Waals surface area contributed by atoms with E-state index in [4.69, 9.17) is 4.74 Å². The largest absolute Gasteiger partial charge is 0.462 e. The van der Waals surface area contributed by atoms with Gasteiger partial charge in [0.15, 0.2) is 0 Å². The average Bonchev–Trinajstić information content (AvgIpc) is 2.85. The summed E-state index contributed by atoms with van der Waals surface area (Å²) in [6.45, 7) is 8.29. The predicted octanol–water partition coefficient (Wildman–Crippen LogP) is 3.47. The fraction of sp³-hybridized carbons (Fsp3) is 0.600. The van der Waals surface area contributed by atoms with Crippen LogP contribution in [0.1, 0.15) is 49.4 Å². The highest BCUT2D eigenvalue weighted by atomic mass is 32.1. The molecule has 20 heavy (non-hydrogen) atoms. The van der Waals surface area contributed by atoms with E-state index in [1.807, 2.05) is 13.0 Å². The Labute approximate surface area is 123 Å². The van der Waals surface area contributed by atoms with E-state index in [-0.39, 0.29) is 23.2 Å². The summed E-state index contributed by atoms with van der Waals surface area (Å²) >= 11 is 1.45. The maximum atomic E-state index is 12.2. The Bertz CT molecular complexity index is 533. The fourth-order valence-electron chi connectivity index (χ4n) is 2.18. The van der Waals surface area contributed by atoms with Crippen molar-refractivity contribution in [2.45, 2.75) is 40.5 Å². The monoisotopic (exact) mass is 295 g/mol. The highest BCUT2D eigenvalue weighted by Crippen LogP contribution is 2.52. The predicted molar refractivity (Wildman–Crippen MR) is 80.2 cm³/mol. The minimum Gasteiger partial charge on any atom is -0.462 e. The minimum absolute atomic E-state index is 0.00468. The third-order valence-electron chi connectivity index (χ3n) is 3.69. The summed E-state index contributed by atoms with van der Waals surface area (Å²) in [6, 6.07) is 1.82. The van der Waals surface area contributed by atoms with Gasteiger partial charge in [0.05, 0.1) is 12.2 Å². The zero-order valence-corrected chi connectivity index (χ0v) is 13.2. The van der Waals surface area contributed by atoms with Crippen molar-refractivity contribution < 1.29 is 14.3 Å². The number of nitrogens with one attached hydrogen (secondary N) is 1. The number of carbonyl (C=O) groups is 2. The molecule has 0 aliphatic heterocycles. The van der Waals surface area contributed by atoms with Crippen LogP contribution >= 0.6 is 11.3 Å². The molecule has 0 spiro atoms. The second kappa shape index (κ2) is 5.56. The standard InChI is InChI=1S/C15H21NO3S/c1-5-9-7-10(14(18)19-6-2)13(20-9)16-12(17)11-8-15(11,3)4/h7,11H,5-6,8H2,1-4H3,(H,16,17). The maximum Gasteiger partial charge on any atom is 0.341 e. The van der Waals surface area contributed by atoms with Crippen LogP contribution in [0.25, 0.3) is 0 Å². The zero-order valence-electron chi connectivity index (χ0n) is 12.4. The number of amides is 1. The van der Waals surface area contributed by atoms with E-state index in [2.05, 4.69) is 19.2 Å². The number of aryl methyl sites for hydroxylation is 1. The molecule has 0 radical (unpaired) electrons. The van der Waals surface area contributed by atoms with Crippen LogP contribution in [-0.2, 0) is 16.0 Å². The van der Waals surface area contributed by atoms with Crippen molar-refractivity contribution in [2.75, 3.05) is 11.9 Å². The number of hydrogen-bond donors (Lipinski definition) is 1. The van der Waals surface area contributed by atoms with Gasteiger partial charge in [0, 0.05) is 10.8 Å². The number of hydrogen-bond acceptors (Lipinski definition) is 4. The first-order chi connectivity index (χ1) is 9.39. The minimum atomic E-state index is -0.367. The first kappa shape index (κ1) is 15.0. The van der Waals surface area contributed by atoms with Crippen molar-refractivity contribution in [2.24, 2.45) is 11.3 Å². The van der Waals surface area contributed by atoms with Gasteiger partial charge in [-0.25, -0.2) is 4.79 Å². The number of rotatable bonds is 5. The highest BCUT2D eigenvalue weighted by Gasteiger charge is 2.50. The molecule has 1 amide bonds. The van der Waals surface area contributed by atoms with Crippen LogP contribution in [0.2, 0.25) is 0 Å². The van der Waals surface area contributed by atoms with E-state index in [1.54, 1.807) is 6.92 Å². The van der Waals surface area contributed by atoms with E-state index in [9.17, 15) is 9.59 Å². The molecule has 1 saturated carbocycles. The van der Waals surface area contributed by atoms with Crippen molar-refractivity contribution in [1.82, 2.24) is 0 Å². The topological polar surface area (TPSA) is 55.4 Å². The van der Waals surface area contributed by atoms with Gasteiger partial charge in [-0.2, -0.15) is 0 Å². The Morgan fingerprint density at radius 2 is 2.10 bits per heavy atom. The summed E-state index contributed by atoms with van der Waals surface area (Å²) in [7, 11) is 0. The van der Waals surface area contributed by atoms with Crippen LogP contribution in [0, 0.1) is 11.3 Å².